The largest absolute Gasteiger partial charge is 0.383 e. The second-order valence-corrected chi connectivity index (χ2v) is 7.63. The Balaban J connectivity index is 1.77. The third-order valence-corrected chi connectivity index (χ3v) is 5.75. The topological polar surface area (TPSA) is 84.4 Å². The number of aryl methyl sites for hydroxylation is 2. The van der Waals surface area contributed by atoms with Crippen LogP contribution in [0.4, 0.5) is 5.82 Å². The molecule has 5 rings (SSSR count). The number of allylic oxidation sites excluding steroid dienone is 2. The highest BCUT2D eigenvalue weighted by Gasteiger charge is 2.22. The lowest BCUT2D eigenvalue weighted by Gasteiger charge is -2.16. The number of pyridine rings is 1. The monoisotopic (exact) mass is 411 g/mol. The molecule has 0 unspecified atom stereocenters. The van der Waals surface area contributed by atoms with Crippen LogP contribution in [0, 0.1) is 0 Å². The van der Waals surface area contributed by atoms with Gasteiger partial charge in [0.15, 0.2) is 11.5 Å². The van der Waals surface area contributed by atoms with Crippen molar-refractivity contribution >= 4 is 28.4 Å². The Hall–Kier alpha value is -3.71. The summed E-state index contributed by atoms with van der Waals surface area (Å²) in [4.78, 5) is 14.1. The number of benzene rings is 1. The highest BCUT2D eigenvalue weighted by molar-refractivity contribution is 6.21. The van der Waals surface area contributed by atoms with Gasteiger partial charge < -0.3 is 5.73 Å². The summed E-state index contributed by atoms with van der Waals surface area (Å²) < 4.78 is 2.07. The van der Waals surface area contributed by atoms with Crippen LogP contribution in [0.1, 0.15) is 23.4 Å². The van der Waals surface area contributed by atoms with Crippen LogP contribution >= 0.6 is 0 Å². The third kappa shape index (κ3) is 3.33. The van der Waals surface area contributed by atoms with Crippen LogP contribution in [-0.4, -0.2) is 34.0 Å². The van der Waals surface area contributed by atoms with Crippen LogP contribution in [-0.2, 0) is 12.8 Å². The fourth-order valence-corrected chi connectivity index (χ4v) is 4.24. The van der Waals surface area contributed by atoms with Crippen molar-refractivity contribution in [3.8, 4) is 5.69 Å². The molecule has 1 aromatic carbocycles. The van der Waals surface area contributed by atoms with E-state index in [2.05, 4.69) is 45.8 Å². The van der Waals surface area contributed by atoms with Crippen LogP contribution in [0.15, 0.2) is 66.3 Å². The summed E-state index contributed by atoms with van der Waals surface area (Å²) in [5.74, 6) is 1.91. The van der Waals surface area contributed by atoms with Crippen LogP contribution in [0.5, 0.6) is 0 Å². The number of nitrogens with two attached hydrogens (primary N) is 1. The molecule has 156 valence electrons. The van der Waals surface area contributed by atoms with Crippen molar-refractivity contribution < 1.29 is 0 Å². The molecule has 1 aliphatic heterocycles. The van der Waals surface area contributed by atoms with E-state index in [0.717, 1.165) is 47.6 Å². The first kappa shape index (κ1) is 19.3. The molecule has 7 heteroatoms. The van der Waals surface area contributed by atoms with Gasteiger partial charge in [0, 0.05) is 25.5 Å². The molecule has 0 radical (unpaired) electrons. The van der Waals surface area contributed by atoms with E-state index in [1.165, 1.54) is 17.5 Å². The van der Waals surface area contributed by atoms with Gasteiger partial charge in [0.2, 0.25) is 0 Å². The molecule has 0 bridgehead atoms. The van der Waals surface area contributed by atoms with Gasteiger partial charge in [0.05, 0.1) is 5.57 Å². The lowest BCUT2D eigenvalue weighted by Crippen LogP contribution is -2.28. The van der Waals surface area contributed by atoms with Gasteiger partial charge in [-0.3, -0.25) is 14.6 Å². The minimum atomic E-state index is 0.405. The van der Waals surface area contributed by atoms with E-state index in [-0.39, 0.29) is 0 Å². The summed E-state index contributed by atoms with van der Waals surface area (Å²) in [6, 6.07) is 10.6. The van der Waals surface area contributed by atoms with E-state index in [1.807, 2.05) is 29.4 Å². The Morgan fingerprint density at radius 3 is 2.84 bits per heavy atom. The van der Waals surface area contributed by atoms with Gasteiger partial charge >= 0.3 is 0 Å². The van der Waals surface area contributed by atoms with Crippen LogP contribution in [0.2, 0.25) is 0 Å². The highest BCUT2D eigenvalue weighted by atomic mass is 15.5. The summed E-state index contributed by atoms with van der Waals surface area (Å²) in [6.45, 7) is 4.63. The number of fused-ring (bicyclic) bond motifs is 2. The summed E-state index contributed by atoms with van der Waals surface area (Å²) in [7, 11) is 1.68. The number of aromatic nitrogens is 3. The minimum absolute atomic E-state index is 0.405. The van der Waals surface area contributed by atoms with E-state index in [9.17, 15) is 0 Å². The molecular weight excluding hydrogens is 386 g/mol. The molecular formula is C24H25N7. The molecule has 31 heavy (non-hydrogen) atoms. The second kappa shape index (κ2) is 7.85. The zero-order valence-electron chi connectivity index (χ0n) is 17.5. The van der Waals surface area contributed by atoms with Gasteiger partial charge in [-0.1, -0.05) is 24.8 Å². The Bertz CT molecular complexity index is 1260. The quantitative estimate of drug-likeness (QED) is 0.382. The Labute approximate surface area is 181 Å². The SMILES string of the molecule is C=C/C=C(\C(N)=NC)c1nc2ccc(N3C=CCN3)nc2n1-c1ccc2c(c1)CCC2. The van der Waals surface area contributed by atoms with Crippen LogP contribution < -0.4 is 16.2 Å². The van der Waals surface area contributed by atoms with Crippen molar-refractivity contribution in [3.63, 3.8) is 0 Å². The predicted molar refractivity (Wildman–Crippen MR) is 126 cm³/mol. The first-order valence-corrected chi connectivity index (χ1v) is 10.5. The highest BCUT2D eigenvalue weighted by Crippen LogP contribution is 2.30. The molecule has 0 atom stereocenters. The number of imidazole rings is 1. The first-order chi connectivity index (χ1) is 15.2. The van der Waals surface area contributed by atoms with Crippen molar-refractivity contribution in [1.82, 2.24) is 20.0 Å². The average molecular weight is 412 g/mol. The van der Waals surface area contributed by atoms with Gasteiger partial charge in [-0.25, -0.2) is 15.4 Å². The maximum Gasteiger partial charge on any atom is 0.167 e. The number of hydrazine groups is 1. The molecule has 3 heterocycles. The Morgan fingerprint density at radius 1 is 1.19 bits per heavy atom. The van der Waals surface area contributed by atoms with Crippen molar-refractivity contribution in [2.24, 2.45) is 10.7 Å². The number of nitrogens with one attached hydrogen (secondary N) is 1. The van der Waals surface area contributed by atoms with Gasteiger partial charge in [-0.2, -0.15) is 0 Å². The van der Waals surface area contributed by atoms with Crippen molar-refractivity contribution in [2.45, 2.75) is 19.3 Å². The summed E-state index contributed by atoms with van der Waals surface area (Å²) in [5, 5.41) is 1.92. The van der Waals surface area contributed by atoms with E-state index in [1.54, 1.807) is 13.1 Å². The Morgan fingerprint density at radius 2 is 2.06 bits per heavy atom. The predicted octanol–water partition coefficient (Wildman–Crippen LogP) is 3.30. The molecule has 2 aromatic heterocycles. The van der Waals surface area contributed by atoms with Gasteiger partial charge in [0.1, 0.15) is 17.2 Å². The minimum Gasteiger partial charge on any atom is -0.383 e. The van der Waals surface area contributed by atoms with Crippen LogP contribution in [0.3, 0.4) is 0 Å². The normalized spacial score (nSPS) is 16.4. The molecule has 0 spiro atoms. The third-order valence-electron chi connectivity index (χ3n) is 5.75. The van der Waals surface area contributed by atoms with Gasteiger partial charge in [-0.05, 0) is 60.7 Å². The van der Waals surface area contributed by atoms with Crippen molar-refractivity contribution in [1.29, 1.82) is 0 Å². The lowest BCUT2D eigenvalue weighted by molar-refractivity contribution is 0.801. The van der Waals surface area contributed by atoms with Gasteiger partial charge in [0.25, 0.3) is 0 Å². The maximum atomic E-state index is 6.26. The fraction of sp³-hybridized carbons (Fsp3) is 0.208. The second-order valence-electron chi connectivity index (χ2n) is 7.63. The number of nitrogens with zero attached hydrogens (tertiary/aromatic N) is 5. The standard InChI is InChI=1S/C24H25N7/c1-3-6-19(22(25)26-2)23-28-20-11-12-21(30-14-5-13-27-30)29-24(20)31(23)18-10-9-16-7-4-8-17(16)15-18/h3,5-6,9-12,14-15,27H,1,4,7-8,13H2,2H3,(H2,25,26)/b19-6+. The molecule has 1 aliphatic carbocycles. The molecule has 0 fully saturated rings. The first-order valence-electron chi connectivity index (χ1n) is 10.5. The average Bonchev–Trinajstić information content (AvgIpc) is 3.55. The Kier molecular flexibility index (Phi) is 4.88. The van der Waals surface area contributed by atoms with E-state index >= 15 is 0 Å². The molecule has 0 saturated heterocycles. The van der Waals surface area contributed by atoms with Crippen molar-refractivity contribution in [3.05, 3.63) is 78.3 Å². The lowest BCUT2D eigenvalue weighted by atomic mass is 10.1. The van der Waals surface area contributed by atoms with Crippen molar-refractivity contribution in [2.75, 3.05) is 18.6 Å². The van der Waals surface area contributed by atoms with E-state index < -0.39 is 0 Å². The number of aliphatic imine (C=N–C) groups is 1. The zero-order chi connectivity index (χ0) is 21.4. The summed E-state index contributed by atoms with van der Waals surface area (Å²) >= 11 is 0. The number of hydrogen-bond donors (Lipinski definition) is 2. The molecule has 2 aliphatic rings. The number of amidine groups is 1. The van der Waals surface area contributed by atoms with E-state index in [4.69, 9.17) is 15.7 Å². The van der Waals surface area contributed by atoms with Gasteiger partial charge in [-0.15, -0.1) is 0 Å². The number of rotatable bonds is 5. The van der Waals surface area contributed by atoms with Crippen LogP contribution in [0.25, 0.3) is 22.4 Å². The molecule has 3 N–H and O–H groups in total. The maximum absolute atomic E-state index is 6.26. The molecule has 0 saturated carbocycles. The molecule has 3 aromatic rings. The summed E-state index contributed by atoms with van der Waals surface area (Å²) in [5.41, 5.74) is 15.6. The summed E-state index contributed by atoms with van der Waals surface area (Å²) in [6.07, 6.45) is 11.0. The molecule has 7 nitrogen and oxygen atoms in total. The number of hydrogen-bond acceptors (Lipinski definition) is 5. The number of anilines is 1. The zero-order valence-corrected chi connectivity index (χ0v) is 17.5. The van der Waals surface area contributed by atoms with E-state index in [0.29, 0.717) is 11.7 Å². The fourth-order valence-electron chi connectivity index (χ4n) is 4.24. The molecule has 0 amide bonds. The smallest absolute Gasteiger partial charge is 0.167 e.